The van der Waals surface area contributed by atoms with E-state index in [0.29, 0.717) is 5.03 Å². The fraction of sp³-hybridized carbons (Fsp3) is 0. The summed E-state index contributed by atoms with van der Waals surface area (Å²) in [5.74, 6) is 0. The van der Waals surface area contributed by atoms with Crippen molar-refractivity contribution in [3.05, 3.63) is 35.0 Å². The molecule has 0 heterocycles. The van der Waals surface area contributed by atoms with E-state index < -0.39 is 0 Å². The number of rotatable bonds is 1. The number of benzene rings is 1. The first kappa shape index (κ1) is 11.5. The van der Waals surface area contributed by atoms with E-state index in [2.05, 4.69) is 74.4 Å². The van der Waals surface area contributed by atoms with Gasteiger partial charge in [0.25, 0.3) is 0 Å². The third kappa shape index (κ3) is 2.71. The van der Waals surface area contributed by atoms with Crippen LogP contribution < -0.4 is 0 Å². The predicted molar refractivity (Wildman–Crippen MR) is 79.5 cm³/mol. The van der Waals surface area contributed by atoms with Crippen molar-refractivity contribution in [2.45, 2.75) is 0 Å². The third-order valence-corrected chi connectivity index (χ3v) is 6.44. The molecule has 0 aliphatic heterocycles. The van der Waals surface area contributed by atoms with Gasteiger partial charge in [0.05, 0.1) is 0 Å². The minimum absolute atomic E-state index is 0.599. The van der Waals surface area contributed by atoms with Gasteiger partial charge in [-0.3, -0.25) is 0 Å². The molecular weight excluding hydrogens is 512 g/mol. The summed E-state index contributed by atoms with van der Waals surface area (Å²) in [5, 5.41) is 0.599. The molecule has 1 aromatic rings. The summed E-state index contributed by atoms with van der Waals surface area (Å²) in [7, 11) is 0. The fourth-order valence-electron chi connectivity index (χ4n) is 0.712. The number of hydrogen-bond donors (Lipinski definition) is 0. The lowest BCUT2D eigenvalue weighted by Gasteiger charge is -2.03. The Kier molecular flexibility index (Phi) is 4.59. The Morgan fingerprint density at radius 3 is 1.92 bits per heavy atom. The smallest absolute Gasteiger partial charge is 0.0407 e. The van der Waals surface area contributed by atoms with Crippen molar-refractivity contribution in [2.75, 3.05) is 0 Å². The SMILES string of the molecule is C=C(Cl)c1cc(I)c(I)c(I)c1. The Labute approximate surface area is 118 Å². The summed E-state index contributed by atoms with van der Waals surface area (Å²) in [6, 6.07) is 4.08. The zero-order valence-corrected chi connectivity index (χ0v) is 13.1. The van der Waals surface area contributed by atoms with E-state index in [1.54, 1.807) is 0 Å². The maximum absolute atomic E-state index is 5.80. The molecule has 0 saturated carbocycles. The zero-order chi connectivity index (χ0) is 9.30. The molecule has 0 nitrogen and oxygen atoms in total. The maximum atomic E-state index is 5.80. The minimum atomic E-state index is 0.599. The van der Waals surface area contributed by atoms with Gasteiger partial charge in [-0.2, -0.15) is 0 Å². The Morgan fingerprint density at radius 1 is 1.17 bits per heavy atom. The van der Waals surface area contributed by atoms with E-state index in [0.717, 1.165) is 5.56 Å². The fourth-order valence-corrected chi connectivity index (χ4v) is 2.90. The van der Waals surface area contributed by atoms with Crippen molar-refractivity contribution in [1.82, 2.24) is 0 Å². The van der Waals surface area contributed by atoms with Gasteiger partial charge in [-0.25, -0.2) is 0 Å². The highest BCUT2D eigenvalue weighted by Crippen LogP contribution is 2.27. The molecule has 64 valence electrons. The molecule has 0 aliphatic rings. The molecule has 0 bridgehead atoms. The molecular formula is C8H4ClI3. The van der Waals surface area contributed by atoms with Gasteiger partial charge in [0.1, 0.15) is 0 Å². The summed E-state index contributed by atoms with van der Waals surface area (Å²) < 4.78 is 3.71. The highest BCUT2D eigenvalue weighted by Gasteiger charge is 2.04. The normalized spacial score (nSPS) is 10.0. The van der Waals surface area contributed by atoms with Crippen LogP contribution in [0.4, 0.5) is 0 Å². The first-order valence-corrected chi connectivity index (χ1v) is 6.63. The summed E-state index contributed by atoms with van der Waals surface area (Å²) in [6.45, 7) is 3.69. The van der Waals surface area contributed by atoms with Crippen molar-refractivity contribution in [3.8, 4) is 0 Å². The first-order valence-electron chi connectivity index (χ1n) is 3.01. The lowest BCUT2D eigenvalue weighted by Crippen LogP contribution is -1.88. The average molecular weight is 516 g/mol. The standard InChI is InChI=1S/C8H4ClI3/c1-4(9)5-2-6(10)8(12)7(11)3-5/h2-3H,1H2. The largest absolute Gasteiger partial charge is 0.0843 e. The molecule has 0 N–H and O–H groups in total. The quantitative estimate of drug-likeness (QED) is 0.375. The van der Waals surface area contributed by atoms with Crippen LogP contribution in [-0.2, 0) is 0 Å². The van der Waals surface area contributed by atoms with Crippen LogP contribution in [0.1, 0.15) is 5.56 Å². The molecule has 0 aromatic heterocycles. The van der Waals surface area contributed by atoms with Crippen molar-refractivity contribution in [1.29, 1.82) is 0 Å². The lowest BCUT2D eigenvalue weighted by atomic mass is 10.2. The predicted octanol–water partition coefficient (Wildman–Crippen LogP) is 4.71. The molecule has 0 fully saturated rings. The first-order chi connectivity index (χ1) is 5.52. The van der Waals surface area contributed by atoms with E-state index in [1.165, 1.54) is 10.7 Å². The molecule has 0 radical (unpaired) electrons. The van der Waals surface area contributed by atoms with Gasteiger partial charge in [0.15, 0.2) is 0 Å². The lowest BCUT2D eigenvalue weighted by molar-refractivity contribution is 1.50. The second-order valence-electron chi connectivity index (χ2n) is 2.16. The van der Waals surface area contributed by atoms with Crippen LogP contribution in [0.3, 0.4) is 0 Å². The summed E-state index contributed by atoms with van der Waals surface area (Å²) in [5.41, 5.74) is 1.01. The van der Waals surface area contributed by atoms with Crippen molar-refractivity contribution in [3.63, 3.8) is 0 Å². The molecule has 1 rings (SSSR count). The minimum Gasteiger partial charge on any atom is -0.0843 e. The van der Waals surface area contributed by atoms with Gasteiger partial charge in [0, 0.05) is 15.7 Å². The van der Waals surface area contributed by atoms with Gasteiger partial charge in [-0.1, -0.05) is 18.2 Å². The van der Waals surface area contributed by atoms with Gasteiger partial charge in [-0.05, 0) is 85.5 Å². The van der Waals surface area contributed by atoms with Crippen LogP contribution in [0.5, 0.6) is 0 Å². The van der Waals surface area contributed by atoms with E-state index in [-0.39, 0.29) is 0 Å². The van der Waals surface area contributed by atoms with Crippen LogP contribution >= 0.6 is 79.4 Å². The molecule has 0 aliphatic carbocycles. The second kappa shape index (κ2) is 4.79. The molecule has 12 heavy (non-hydrogen) atoms. The van der Waals surface area contributed by atoms with Gasteiger partial charge < -0.3 is 0 Å². The summed E-state index contributed by atoms with van der Waals surface area (Å²) >= 11 is 12.7. The highest BCUT2D eigenvalue weighted by atomic mass is 127. The number of hydrogen-bond acceptors (Lipinski definition) is 0. The summed E-state index contributed by atoms with van der Waals surface area (Å²) in [6.07, 6.45) is 0. The Bertz CT molecular complexity index is 310. The molecule has 0 unspecified atom stereocenters. The number of halogens is 4. The van der Waals surface area contributed by atoms with Crippen molar-refractivity contribution >= 4 is 84.4 Å². The van der Waals surface area contributed by atoms with Gasteiger partial charge in [0.2, 0.25) is 0 Å². The Hall–Kier alpha value is 1.44. The van der Waals surface area contributed by atoms with E-state index in [4.69, 9.17) is 11.6 Å². The summed E-state index contributed by atoms with van der Waals surface area (Å²) in [4.78, 5) is 0. The zero-order valence-electron chi connectivity index (χ0n) is 5.87. The molecule has 1 aromatic carbocycles. The van der Waals surface area contributed by atoms with Gasteiger partial charge >= 0.3 is 0 Å². The van der Waals surface area contributed by atoms with Crippen molar-refractivity contribution in [2.24, 2.45) is 0 Å². The monoisotopic (exact) mass is 516 g/mol. The second-order valence-corrected chi connectivity index (χ2v) is 6.02. The average Bonchev–Trinajstić information content (AvgIpc) is 1.99. The molecule has 0 atom stereocenters. The third-order valence-electron chi connectivity index (χ3n) is 1.30. The topological polar surface area (TPSA) is 0 Å². The van der Waals surface area contributed by atoms with Crippen molar-refractivity contribution < 1.29 is 0 Å². The van der Waals surface area contributed by atoms with Gasteiger partial charge in [-0.15, -0.1) is 0 Å². The van der Waals surface area contributed by atoms with Crippen LogP contribution in [-0.4, -0.2) is 0 Å². The van der Waals surface area contributed by atoms with Crippen LogP contribution in [0, 0.1) is 10.7 Å². The van der Waals surface area contributed by atoms with Crippen LogP contribution in [0.25, 0.3) is 5.03 Å². The van der Waals surface area contributed by atoms with E-state index >= 15 is 0 Å². The highest BCUT2D eigenvalue weighted by molar-refractivity contribution is 14.1. The Balaban J connectivity index is 3.31. The molecule has 0 amide bonds. The van der Waals surface area contributed by atoms with Crippen LogP contribution in [0.15, 0.2) is 18.7 Å². The Morgan fingerprint density at radius 2 is 1.58 bits per heavy atom. The maximum Gasteiger partial charge on any atom is 0.0407 e. The van der Waals surface area contributed by atoms with E-state index in [1.807, 2.05) is 12.1 Å². The van der Waals surface area contributed by atoms with Crippen LogP contribution in [0.2, 0.25) is 0 Å². The molecule has 0 spiro atoms. The molecule has 0 saturated heterocycles. The van der Waals surface area contributed by atoms with E-state index in [9.17, 15) is 0 Å². The molecule has 4 heteroatoms.